The minimum atomic E-state index is -2.53. The van der Waals surface area contributed by atoms with Crippen LogP contribution in [0.15, 0.2) is 23.7 Å². The van der Waals surface area contributed by atoms with Gasteiger partial charge in [-0.25, -0.2) is 4.79 Å². The number of aliphatic hydroxyl groups excluding tert-OH is 15. The highest BCUT2D eigenvalue weighted by molar-refractivity contribution is 5.77. The summed E-state index contributed by atoms with van der Waals surface area (Å²) in [5.41, 5.74) is -1.53. The molecule has 5 aliphatic rings. The number of aliphatic hydroxyl groups is 15. The molecule has 23 nitrogen and oxygen atoms in total. The van der Waals surface area contributed by atoms with Crippen LogP contribution in [-0.2, 0) is 38.0 Å². The molecule has 23 heteroatoms. The van der Waals surface area contributed by atoms with Crippen LogP contribution in [0, 0.1) is 28.1 Å². The maximum Gasteiger partial charge on any atom is 0.343 e. The zero-order chi connectivity index (χ0) is 50.6. The van der Waals surface area contributed by atoms with Gasteiger partial charge >= 0.3 is 11.9 Å². The van der Waals surface area contributed by atoms with Gasteiger partial charge in [0.05, 0.1) is 30.8 Å². The number of carbonyl (C=O) groups is 2. The quantitative estimate of drug-likeness (QED) is 0.0255. The molecular formula is C45H74O23. The van der Waals surface area contributed by atoms with E-state index in [-0.39, 0.29) is 18.3 Å². The highest BCUT2D eigenvalue weighted by Crippen LogP contribution is 2.68. The number of hydrogen-bond acceptors (Lipinski definition) is 23. The number of ether oxygens (including phenoxy) is 6. The van der Waals surface area contributed by atoms with Crippen LogP contribution >= 0.6 is 0 Å². The van der Waals surface area contributed by atoms with Crippen LogP contribution in [0.25, 0.3) is 0 Å². The molecule has 21 atom stereocenters. The van der Waals surface area contributed by atoms with Crippen LogP contribution in [0.3, 0.4) is 0 Å². The highest BCUT2D eigenvalue weighted by Gasteiger charge is 2.63. The average Bonchev–Trinajstić information content (AvgIpc) is 3.45. The van der Waals surface area contributed by atoms with E-state index in [4.69, 9.17) is 28.4 Å². The number of rotatable bonds is 19. The summed E-state index contributed by atoms with van der Waals surface area (Å²) >= 11 is 0. The summed E-state index contributed by atoms with van der Waals surface area (Å²) < 4.78 is 34.1. The van der Waals surface area contributed by atoms with Crippen molar-refractivity contribution in [3.05, 3.63) is 23.7 Å². The lowest BCUT2D eigenvalue weighted by Gasteiger charge is -2.63. The third kappa shape index (κ3) is 11.2. The van der Waals surface area contributed by atoms with Gasteiger partial charge in [0.1, 0.15) is 61.0 Å². The van der Waals surface area contributed by atoms with Gasteiger partial charge in [-0.05, 0) is 93.0 Å². The molecule has 0 bridgehead atoms. The first-order valence-corrected chi connectivity index (χ1v) is 23.4. The van der Waals surface area contributed by atoms with E-state index in [9.17, 15) is 86.2 Å². The minimum Gasteiger partial charge on any atom is -0.457 e. The predicted molar refractivity (Wildman–Crippen MR) is 228 cm³/mol. The van der Waals surface area contributed by atoms with Crippen molar-refractivity contribution in [2.75, 3.05) is 26.4 Å². The van der Waals surface area contributed by atoms with Gasteiger partial charge in [0.15, 0.2) is 17.6 Å². The van der Waals surface area contributed by atoms with E-state index >= 15 is 0 Å². The normalized spacial score (nSPS) is 41.4. The van der Waals surface area contributed by atoms with Crippen LogP contribution in [-0.4, -0.2) is 213 Å². The smallest absolute Gasteiger partial charge is 0.343 e. The molecule has 2 saturated heterocycles. The van der Waals surface area contributed by atoms with Crippen molar-refractivity contribution in [2.45, 2.75) is 190 Å². The summed E-state index contributed by atoms with van der Waals surface area (Å²) in [5.74, 6) is -4.82. The Morgan fingerprint density at radius 1 is 0.721 bits per heavy atom. The number of esters is 2. The van der Waals surface area contributed by atoms with Gasteiger partial charge < -0.3 is 105 Å². The first-order chi connectivity index (χ1) is 32.0. The average molecular weight is 983 g/mol. The molecule has 15 N–H and O–H groups in total. The van der Waals surface area contributed by atoms with E-state index < -0.39 is 177 Å². The molecule has 3 saturated carbocycles. The predicted octanol–water partition coefficient (Wildman–Crippen LogP) is -3.83. The Morgan fingerprint density at radius 2 is 1.29 bits per heavy atom. The van der Waals surface area contributed by atoms with E-state index in [1.807, 2.05) is 6.92 Å². The molecule has 21 unspecified atom stereocenters. The summed E-state index contributed by atoms with van der Waals surface area (Å²) in [5, 5.41) is 156. The molecule has 68 heavy (non-hydrogen) atoms. The Kier molecular flexibility index (Phi) is 19.4. The van der Waals surface area contributed by atoms with E-state index in [2.05, 4.69) is 13.5 Å². The van der Waals surface area contributed by atoms with Crippen LogP contribution in [0.5, 0.6) is 0 Å². The summed E-state index contributed by atoms with van der Waals surface area (Å²) in [6.07, 6.45) is -26.3. The molecule has 5 rings (SSSR count). The molecule has 3 aliphatic carbocycles. The van der Waals surface area contributed by atoms with Crippen molar-refractivity contribution in [2.24, 2.45) is 28.1 Å². The molecule has 0 aromatic carbocycles. The molecule has 5 fully saturated rings. The second-order valence-corrected chi connectivity index (χ2v) is 19.6. The Morgan fingerprint density at radius 3 is 1.84 bits per heavy atom. The fourth-order valence-corrected chi connectivity index (χ4v) is 11.7. The van der Waals surface area contributed by atoms with Gasteiger partial charge in [0.2, 0.25) is 18.9 Å². The SMILES string of the molecule is C=C1CC2(CC)CCC3C(C)(C(=O)OC4OC(CO)C(O)C(O)C4O)CCCC3(C)C2CCC1OC(O)C(OC1OC(CO)C(O)C(O)C1O)=C(OC(=O)C(O)C(O)C(O)CCO)C(O)CCO. The fraction of sp³-hybridized carbons (Fsp3) is 0.867. The maximum absolute atomic E-state index is 14.3. The topological polar surface area (TPSA) is 393 Å². The summed E-state index contributed by atoms with van der Waals surface area (Å²) in [4.78, 5) is 27.6. The minimum absolute atomic E-state index is 0.0988. The molecule has 0 amide bonds. The fourth-order valence-electron chi connectivity index (χ4n) is 11.7. The molecule has 0 aromatic heterocycles. The molecule has 0 aromatic rings. The zero-order valence-electron chi connectivity index (χ0n) is 38.7. The first kappa shape index (κ1) is 56.4. The maximum atomic E-state index is 14.3. The van der Waals surface area contributed by atoms with E-state index in [1.54, 1.807) is 6.92 Å². The number of carbonyl (C=O) groups excluding carboxylic acids is 2. The van der Waals surface area contributed by atoms with Gasteiger partial charge in [-0.3, -0.25) is 4.79 Å². The lowest BCUT2D eigenvalue weighted by atomic mass is 9.41. The molecule has 2 heterocycles. The standard InChI is InChI=1S/C45H74O23/c1-5-45-14-9-26-43(3,12-6-13-44(26,4)42(62)68-41-35(59)32(56)30(54)25(19-49)65-41)27(45)8-7-23(20(2)17-45)63-39(61)37(67-40-34(58)31(55)29(53)24(18-48)64-40)36(22(51)11-16-47)66-38(60)33(57)28(52)21(50)10-15-46/h21-35,39-41,46-59,61H,2,5-19H2,1,3-4H3. The Hall–Kier alpha value is -2.50. The molecule has 0 spiro atoms. The van der Waals surface area contributed by atoms with Crippen LogP contribution in [0.1, 0.15) is 91.4 Å². The summed E-state index contributed by atoms with van der Waals surface area (Å²) in [7, 11) is 0. The summed E-state index contributed by atoms with van der Waals surface area (Å²) in [6, 6.07) is 0. The van der Waals surface area contributed by atoms with E-state index in [0.717, 1.165) is 0 Å². The van der Waals surface area contributed by atoms with Gasteiger partial charge in [-0.1, -0.05) is 26.8 Å². The van der Waals surface area contributed by atoms with Crippen molar-refractivity contribution in [3.63, 3.8) is 0 Å². The lowest BCUT2D eigenvalue weighted by molar-refractivity contribution is -0.300. The van der Waals surface area contributed by atoms with Gasteiger partial charge in [-0.2, -0.15) is 0 Å². The third-order valence-electron chi connectivity index (χ3n) is 15.6. The van der Waals surface area contributed by atoms with Crippen molar-refractivity contribution in [3.8, 4) is 0 Å². The third-order valence-corrected chi connectivity index (χ3v) is 15.6. The highest BCUT2D eigenvalue weighted by atomic mass is 16.7. The van der Waals surface area contributed by atoms with Crippen molar-refractivity contribution < 1.29 is 115 Å². The Balaban J connectivity index is 1.46. The lowest BCUT2D eigenvalue weighted by Crippen LogP contribution is -2.61. The van der Waals surface area contributed by atoms with Crippen molar-refractivity contribution in [1.29, 1.82) is 0 Å². The van der Waals surface area contributed by atoms with E-state index in [0.29, 0.717) is 56.9 Å². The van der Waals surface area contributed by atoms with Crippen molar-refractivity contribution in [1.82, 2.24) is 0 Å². The molecular weight excluding hydrogens is 908 g/mol. The summed E-state index contributed by atoms with van der Waals surface area (Å²) in [6.45, 7) is 7.29. The number of fused-ring (bicyclic) bond motifs is 3. The molecule has 392 valence electrons. The zero-order valence-corrected chi connectivity index (χ0v) is 38.7. The Bertz CT molecular complexity index is 1730. The largest absolute Gasteiger partial charge is 0.457 e. The van der Waals surface area contributed by atoms with Crippen molar-refractivity contribution >= 4 is 11.9 Å². The number of hydrogen-bond donors (Lipinski definition) is 15. The first-order valence-electron chi connectivity index (χ1n) is 23.4. The van der Waals surface area contributed by atoms with Crippen LogP contribution < -0.4 is 0 Å². The van der Waals surface area contributed by atoms with E-state index in [1.165, 1.54) is 0 Å². The van der Waals surface area contributed by atoms with Crippen LogP contribution in [0.4, 0.5) is 0 Å². The van der Waals surface area contributed by atoms with Gasteiger partial charge in [-0.15, -0.1) is 0 Å². The Labute approximate surface area is 393 Å². The van der Waals surface area contributed by atoms with Gasteiger partial charge in [0, 0.05) is 19.6 Å². The molecule has 2 aliphatic heterocycles. The van der Waals surface area contributed by atoms with Crippen LogP contribution in [0.2, 0.25) is 0 Å². The second kappa shape index (κ2) is 23.4. The monoisotopic (exact) mass is 982 g/mol. The second-order valence-electron chi connectivity index (χ2n) is 19.6. The van der Waals surface area contributed by atoms with Gasteiger partial charge in [0.25, 0.3) is 0 Å². The molecule has 0 radical (unpaired) electrons.